The van der Waals surface area contributed by atoms with Crippen LogP contribution >= 0.6 is 0 Å². The highest BCUT2D eigenvalue weighted by molar-refractivity contribution is 5.95. The third kappa shape index (κ3) is 2.33. The largest absolute Gasteiger partial charge is 0.393 e. The Morgan fingerprint density at radius 2 is 1.93 bits per heavy atom. The highest BCUT2D eigenvalue weighted by Crippen LogP contribution is 2.67. The minimum atomic E-state index is -1.60. The van der Waals surface area contributed by atoms with E-state index in [0.717, 1.165) is 18.4 Å². The van der Waals surface area contributed by atoms with Gasteiger partial charge in [0.15, 0.2) is 11.6 Å². The van der Waals surface area contributed by atoms with Gasteiger partial charge in [0, 0.05) is 5.41 Å². The first-order valence-electron chi connectivity index (χ1n) is 10.1. The van der Waals surface area contributed by atoms with Crippen LogP contribution in [0.2, 0.25) is 0 Å². The van der Waals surface area contributed by atoms with Crippen molar-refractivity contribution >= 4 is 11.6 Å². The number of fused-ring (bicyclic) bond motifs is 5. The van der Waals surface area contributed by atoms with E-state index in [9.17, 15) is 30.0 Å². The molecule has 8 atom stereocenters. The van der Waals surface area contributed by atoms with Gasteiger partial charge < -0.3 is 20.4 Å². The number of hydrogen-bond donors (Lipinski definition) is 4. The first-order chi connectivity index (χ1) is 12.6. The average molecular weight is 378 g/mol. The first-order valence-corrected chi connectivity index (χ1v) is 10.1. The van der Waals surface area contributed by atoms with Crippen molar-refractivity contribution in [2.75, 3.05) is 6.61 Å². The molecule has 0 amide bonds. The standard InChI is InChI=1S/C21H30O6/c1-19-8-15(24)14(23)7-11(19)3-4-12-13-5-6-21(27,17(26)10-22)20(13,2)9-16(25)18(12)19/h7,12-13,15-16,18,22,24-25,27H,3-6,8-10H2,1-2H3/t12-,13-,15+,16+,18+,19-,20-,21-/m0/s1. The number of aliphatic hydroxyl groups excluding tert-OH is 3. The highest BCUT2D eigenvalue weighted by atomic mass is 16.3. The Balaban J connectivity index is 1.74. The van der Waals surface area contributed by atoms with Crippen molar-refractivity contribution in [2.24, 2.45) is 28.6 Å². The van der Waals surface area contributed by atoms with Crippen LogP contribution in [0, 0.1) is 28.6 Å². The molecule has 0 aliphatic heterocycles. The number of carbonyl (C=O) groups excluding carboxylic acids is 2. The van der Waals surface area contributed by atoms with Crippen LogP contribution < -0.4 is 0 Å². The van der Waals surface area contributed by atoms with E-state index in [-0.39, 0.29) is 30.0 Å². The molecule has 27 heavy (non-hydrogen) atoms. The van der Waals surface area contributed by atoms with E-state index < -0.39 is 41.0 Å². The summed E-state index contributed by atoms with van der Waals surface area (Å²) in [5, 5.41) is 41.9. The van der Waals surface area contributed by atoms with Crippen molar-refractivity contribution in [1.82, 2.24) is 0 Å². The summed E-state index contributed by atoms with van der Waals surface area (Å²) in [7, 11) is 0. The van der Waals surface area contributed by atoms with Crippen LogP contribution in [-0.4, -0.2) is 56.4 Å². The summed E-state index contributed by atoms with van der Waals surface area (Å²) in [6.45, 7) is 3.23. The summed E-state index contributed by atoms with van der Waals surface area (Å²) >= 11 is 0. The molecule has 4 aliphatic rings. The van der Waals surface area contributed by atoms with Crippen LogP contribution in [-0.2, 0) is 9.59 Å². The second kappa shape index (κ2) is 5.96. The molecule has 0 aromatic rings. The number of carbonyl (C=O) groups is 2. The van der Waals surface area contributed by atoms with Crippen molar-refractivity contribution in [3.8, 4) is 0 Å². The van der Waals surface area contributed by atoms with E-state index in [1.54, 1.807) is 6.08 Å². The number of Topliss-reactive ketones (excluding diaryl/α,β-unsaturated/α-hetero) is 1. The molecule has 0 bridgehead atoms. The predicted octanol–water partition coefficient (Wildman–Crippen LogP) is 0.752. The number of rotatable bonds is 2. The molecule has 6 nitrogen and oxygen atoms in total. The summed E-state index contributed by atoms with van der Waals surface area (Å²) in [4.78, 5) is 24.3. The fourth-order valence-electron chi connectivity index (χ4n) is 7.34. The second-order valence-corrected chi connectivity index (χ2v) is 9.71. The summed E-state index contributed by atoms with van der Waals surface area (Å²) in [6.07, 6.45) is 2.94. The van der Waals surface area contributed by atoms with Gasteiger partial charge in [0.05, 0.1) is 6.10 Å². The number of ketones is 2. The molecule has 0 radical (unpaired) electrons. The normalized spacial score (nSPS) is 51.9. The van der Waals surface area contributed by atoms with Crippen molar-refractivity contribution in [1.29, 1.82) is 0 Å². The van der Waals surface area contributed by atoms with Crippen LogP contribution in [0.5, 0.6) is 0 Å². The highest BCUT2D eigenvalue weighted by Gasteiger charge is 2.68. The zero-order chi connectivity index (χ0) is 19.8. The summed E-state index contributed by atoms with van der Waals surface area (Å²) < 4.78 is 0. The Hall–Kier alpha value is -1.08. The fraction of sp³-hybridized carbons (Fsp3) is 0.810. The molecule has 4 aliphatic carbocycles. The SMILES string of the molecule is C[C@]12C[C@@H](O)C(=O)C=C1CC[C@@H]1[C@@H]2[C@H](O)C[C@@]2(C)[C@H]1CC[C@]2(O)C(=O)CO. The lowest BCUT2D eigenvalue weighted by Crippen LogP contribution is -2.62. The Bertz CT molecular complexity index is 715. The summed E-state index contributed by atoms with van der Waals surface area (Å²) in [6, 6.07) is 0. The van der Waals surface area contributed by atoms with E-state index in [1.165, 1.54) is 0 Å². The predicted molar refractivity (Wildman–Crippen MR) is 96.5 cm³/mol. The number of hydrogen-bond acceptors (Lipinski definition) is 6. The zero-order valence-electron chi connectivity index (χ0n) is 16.0. The van der Waals surface area contributed by atoms with Gasteiger partial charge in [-0.2, -0.15) is 0 Å². The topological polar surface area (TPSA) is 115 Å². The van der Waals surface area contributed by atoms with E-state index in [1.807, 2.05) is 13.8 Å². The van der Waals surface area contributed by atoms with Gasteiger partial charge in [0.2, 0.25) is 0 Å². The third-order valence-corrected chi connectivity index (χ3v) is 8.69. The van der Waals surface area contributed by atoms with Gasteiger partial charge in [-0.1, -0.05) is 19.4 Å². The maximum atomic E-state index is 12.4. The summed E-state index contributed by atoms with van der Waals surface area (Å²) in [5.41, 5.74) is -1.80. The van der Waals surface area contributed by atoms with E-state index in [0.29, 0.717) is 19.3 Å². The molecule has 3 fully saturated rings. The van der Waals surface area contributed by atoms with E-state index >= 15 is 0 Å². The molecule has 4 rings (SSSR count). The lowest BCUT2D eigenvalue weighted by Gasteiger charge is -2.60. The Kier molecular flexibility index (Phi) is 4.25. The van der Waals surface area contributed by atoms with Gasteiger partial charge >= 0.3 is 0 Å². The molecule has 150 valence electrons. The van der Waals surface area contributed by atoms with Gasteiger partial charge in [0.1, 0.15) is 18.3 Å². The molecule has 0 unspecified atom stereocenters. The third-order valence-electron chi connectivity index (χ3n) is 8.69. The molecule has 0 aromatic heterocycles. The maximum absolute atomic E-state index is 12.4. The quantitative estimate of drug-likeness (QED) is 0.564. The first kappa shape index (κ1) is 19.2. The van der Waals surface area contributed by atoms with Gasteiger partial charge in [0.25, 0.3) is 0 Å². The fourth-order valence-corrected chi connectivity index (χ4v) is 7.34. The molecule has 0 spiro atoms. The Morgan fingerprint density at radius 3 is 2.59 bits per heavy atom. The Morgan fingerprint density at radius 1 is 1.22 bits per heavy atom. The minimum Gasteiger partial charge on any atom is -0.393 e. The lowest BCUT2D eigenvalue weighted by molar-refractivity contribution is -0.184. The molecular formula is C21H30O6. The van der Waals surface area contributed by atoms with Crippen LogP contribution in [0.1, 0.15) is 52.4 Å². The minimum absolute atomic E-state index is 0.0690. The molecule has 4 N–H and O–H groups in total. The van der Waals surface area contributed by atoms with Gasteiger partial charge in [-0.25, -0.2) is 0 Å². The van der Waals surface area contributed by atoms with Gasteiger partial charge in [-0.05, 0) is 67.8 Å². The van der Waals surface area contributed by atoms with E-state index in [4.69, 9.17) is 0 Å². The number of aliphatic hydroxyl groups is 4. The van der Waals surface area contributed by atoms with Gasteiger partial charge in [-0.15, -0.1) is 0 Å². The smallest absolute Gasteiger partial charge is 0.190 e. The van der Waals surface area contributed by atoms with Crippen molar-refractivity contribution in [3.05, 3.63) is 11.6 Å². The second-order valence-electron chi connectivity index (χ2n) is 9.71. The van der Waals surface area contributed by atoms with Crippen molar-refractivity contribution in [3.63, 3.8) is 0 Å². The Labute approximate surface area is 159 Å². The lowest BCUT2D eigenvalue weighted by atomic mass is 9.45. The molecule has 3 saturated carbocycles. The van der Waals surface area contributed by atoms with Crippen LogP contribution in [0.25, 0.3) is 0 Å². The summed E-state index contributed by atoms with van der Waals surface area (Å²) in [5.74, 6) is -0.731. The van der Waals surface area contributed by atoms with E-state index in [2.05, 4.69) is 0 Å². The molecule has 6 heteroatoms. The van der Waals surface area contributed by atoms with Crippen LogP contribution in [0.15, 0.2) is 11.6 Å². The molecule has 0 saturated heterocycles. The zero-order valence-corrected chi connectivity index (χ0v) is 16.0. The van der Waals surface area contributed by atoms with Crippen LogP contribution in [0.3, 0.4) is 0 Å². The number of allylic oxidation sites excluding steroid dienone is 1. The van der Waals surface area contributed by atoms with Crippen LogP contribution in [0.4, 0.5) is 0 Å². The molecule has 0 heterocycles. The maximum Gasteiger partial charge on any atom is 0.190 e. The molecular weight excluding hydrogens is 348 g/mol. The average Bonchev–Trinajstić information content (AvgIpc) is 2.87. The van der Waals surface area contributed by atoms with Gasteiger partial charge in [-0.3, -0.25) is 9.59 Å². The molecule has 0 aromatic carbocycles. The monoisotopic (exact) mass is 378 g/mol. The van der Waals surface area contributed by atoms with Crippen molar-refractivity contribution in [2.45, 2.75) is 70.2 Å². The van der Waals surface area contributed by atoms with Crippen molar-refractivity contribution < 1.29 is 30.0 Å².